The molecule has 0 saturated heterocycles. The van der Waals surface area contributed by atoms with Gasteiger partial charge in [0.15, 0.2) is 0 Å². The molecule has 4 aromatic carbocycles. The third-order valence-corrected chi connectivity index (χ3v) is 5.42. The molecule has 0 saturated carbocycles. The van der Waals surface area contributed by atoms with E-state index in [0.29, 0.717) is 12.0 Å². The number of hydrogen-bond acceptors (Lipinski definition) is 0. The number of benzene rings is 4. The second-order valence-corrected chi connectivity index (χ2v) is 7.52. The normalized spacial score (nSPS) is 12.0. The van der Waals surface area contributed by atoms with Crippen LogP contribution in [0.2, 0.25) is 0 Å². The fourth-order valence-electron chi connectivity index (χ4n) is 3.67. The fraction of sp³-hybridized carbons (Fsp3) is 0.111. The predicted octanol–water partition coefficient (Wildman–Crippen LogP) is 7.78. The fourth-order valence-corrected chi connectivity index (χ4v) is 3.67. The standard InChI is InChI=1S/C27H21F3/c1-18(19-5-3-2-4-6-19)15-25-26(29)16-23(17-27(25)30)22-9-7-20(8-10-22)21-11-13-24(28)14-12-21/h2-14,16-18H,15H2,1H3. The molecular weight excluding hydrogens is 381 g/mol. The van der Waals surface area contributed by atoms with Crippen LogP contribution in [0.5, 0.6) is 0 Å². The summed E-state index contributed by atoms with van der Waals surface area (Å²) in [6.45, 7) is 1.97. The first kappa shape index (κ1) is 20.0. The molecule has 0 aliphatic heterocycles. The molecule has 30 heavy (non-hydrogen) atoms. The molecule has 0 radical (unpaired) electrons. The van der Waals surface area contributed by atoms with Gasteiger partial charge in [-0.1, -0.05) is 73.7 Å². The Morgan fingerprint density at radius 3 is 1.60 bits per heavy atom. The zero-order valence-corrected chi connectivity index (χ0v) is 16.6. The summed E-state index contributed by atoms with van der Waals surface area (Å²) in [5, 5.41) is 0. The van der Waals surface area contributed by atoms with Crippen LogP contribution in [-0.4, -0.2) is 0 Å². The van der Waals surface area contributed by atoms with E-state index in [1.165, 1.54) is 24.3 Å². The summed E-state index contributed by atoms with van der Waals surface area (Å²) < 4.78 is 42.7. The SMILES string of the molecule is CC(Cc1c(F)cc(-c2ccc(-c3ccc(F)cc3)cc2)cc1F)c1ccccc1. The van der Waals surface area contributed by atoms with Gasteiger partial charge in [-0.3, -0.25) is 0 Å². The number of hydrogen-bond donors (Lipinski definition) is 0. The van der Waals surface area contributed by atoms with Crippen molar-refractivity contribution in [2.75, 3.05) is 0 Å². The van der Waals surface area contributed by atoms with Crippen molar-refractivity contribution in [2.45, 2.75) is 19.3 Å². The van der Waals surface area contributed by atoms with Gasteiger partial charge in [-0.05, 0) is 64.4 Å². The highest BCUT2D eigenvalue weighted by Crippen LogP contribution is 2.30. The van der Waals surface area contributed by atoms with Crippen molar-refractivity contribution < 1.29 is 13.2 Å². The van der Waals surface area contributed by atoms with E-state index in [1.54, 1.807) is 12.1 Å². The highest BCUT2D eigenvalue weighted by atomic mass is 19.1. The molecule has 3 heteroatoms. The van der Waals surface area contributed by atoms with Gasteiger partial charge in [0.25, 0.3) is 0 Å². The second-order valence-electron chi connectivity index (χ2n) is 7.52. The summed E-state index contributed by atoms with van der Waals surface area (Å²) in [5.41, 5.74) is 4.17. The second kappa shape index (κ2) is 8.58. The average molecular weight is 402 g/mol. The molecule has 1 atom stereocenters. The lowest BCUT2D eigenvalue weighted by Gasteiger charge is -2.14. The zero-order chi connectivity index (χ0) is 21.1. The van der Waals surface area contributed by atoms with Crippen LogP contribution in [0, 0.1) is 17.5 Å². The van der Waals surface area contributed by atoms with Crippen LogP contribution in [0.4, 0.5) is 13.2 Å². The first-order valence-electron chi connectivity index (χ1n) is 9.90. The van der Waals surface area contributed by atoms with Gasteiger partial charge in [-0.15, -0.1) is 0 Å². The molecule has 0 spiro atoms. The van der Waals surface area contributed by atoms with Gasteiger partial charge in [-0.25, -0.2) is 13.2 Å². The monoisotopic (exact) mass is 402 g/mol. The minimum atomic E-state index is -0.532. The molecule has 0 heterocycles. The van der Waals surface area contributed by atoms with Crippen molar-refractivity contribution >= 4 is 0 Å². The highest BCUT2D eigenvalue weighted by Gasteiger charge is 2.16. The van der Waals surface area contributed by atoms with E-state index >= 15 is 0 Å². The number of rotatable bonds is 5. The van der Waals surface area contributed by atoms with E-state index in [2.05, 4.69) is 0 Å². The molecular formula is C27H21F3. The summed E-state index contributed by atoms with van der Waals surface area (Å²) in [5.74, 6) is -1.34. The van der Waals surface area contributed by atoms with Crippen LogP contribution in [0.3, 0.4) is 0 Å². The smallest absolute Gasteiger partial charge is 0.129 e. The summed E-state index contributed by atoms with van der Waals surface area (Å²) in [7, 11) is 0. The van der Waals surface area contributed by atoms with Gasteiger partial charge in [0.05, 0.1) is 0 Å². The largest absolute Gasteiger partial charge is 0.207 e. The molecule has 0 bridgehead atoms. The Hall–Kier alpha value is -3.33. The molecule has 0 nitrogen and oxygen atoms in total. The van der Waals surface area contributed by atoms with E-state index in [1.807, 2.05) is 61.5 Å². The Morgan fingerprint density at radius 1 is 0.600 bits per heavy atom. The van der Waals surface area contributed by atoms with Crippen molar-refractivity contribution in [2.24, 2.45) is 0 Å². The van der Waals surface area contributed by atoms with Crippen LogP contribution in [0.1, 0.15) is 24.0 Å². The lowest BCUT2D eigenvalue weighted by molar-refractivity contribution is 0.544. The maximum absolute atomic E-state index is 14.8. The maximum Gasteiger partial charge on any atom is 0.129 e. The van der Waals surface area contributed by atoms with Crippen molar-refractivity contribution in [3.05, 3.63) is 120 Å². The van der Waals surface area contributed by atoms with E-state index in [4.69, 9.17) is 0 Å². The molecule has 0 aromatic heterocycles. The van der Waals surface area contributed by atoms with Crippen LogP contribution in [0.25, 0.3) is 22.3 Å². The first-order chi connectivity index (χ1) is 14.5. The van der Waals surface area contributed by atoms with Crippen LogP contribution < -0.4 is 0 Å². The van der Waals surface area contributed by atoms with E-state index in [-0.39, 0.29) is 17.3 Å². The molecule has 0 N–H and O–H groups in total. The minimum Gasteiger partial charge on any atom is -0.207 e. The van der Waals surface area contributed by atoms with E-state index in [0.717, 1.165) is 22.3 Å². The molecule has 0 aliphatic carbocycles. The van der Waals surface area contributed by atoms with Crippen molar-refractivity contribution in [3.8, 4) is 22.3 Å². The molecule has 0 fully saturated rings. The molecule has 4 aromatic rings. The van der Waals surface area contributed by atoms with Gasteiger partial charge in [0, 0.05) is 5.56 Å². The Morgan fingerprint density at radius 2 is 1.07 bits per heavy atom. The van der Waals surface area contributed by atoms with Crippen molar-refractivity contribution in [1.82, 2.24) is 0 Å². The summed E-state index contributed by atoms with van der Waals surface area (Å²) >= 11 is 0. The Kier molecular flexibility index (Phi) is 5.71. The topological polar surface area (TPSA) is 0 Å². The zero-order valence-electron chi connectivity index (χ0n) is 16.6. The lowest BCUT2D eigenvalue weighted by Crippen LogP contribution is -2.04. The van der Waals surface area contributed by atoms with Gasteiger partial charge in [0.2, 0.25) is 0 Å². The van der Waals surface area contributed by atoms with Crippen molar-refractivity contribution in [3.63, 3.8) is 0 Å². The Balaban J connectivity index is 1.57. The number of halogens is 3. The summed E-state index contributed by atoms with van der Waals surface area (Å²) in [6.07, 6.45) is 0.297. The van der Waals surface area contributed by atoms with E-state index < -0.39 is 11.6 Å². The highest BCUT2D eigenvalue weighted by molar-refractivity contribution is 5.70. The van der Waals surface area contributed by atoms with Gasteiger partial charge >= 0.3 is 0 Å². The molecule has 4 rings (SSSR count). The minimum absolute atomic E-state index is 0.0102. The third-order valence-electron chi connectivity index (χ3n) is 5.42. The van der Waals surface area contributed by atoms with Gasteiger partial charge in [-0.2, -0.15) is 0 Å². The Labute approximate surface area is 174 Å². The maximum atomic E-state index is 14.8. The predicted molar refractivity (Wildman–Crippen MR) is 116 cm³/mol. The first-order valence-corrected chi connectivity index (χ1v) is 9.90. The third kappa shape index (κ3) is 4.30. The molecule has 1 unspecified atom stereocenters. The van der Waals surface area contributed by atoms with Gasteiger partial charge in [0.1, 0.15) is 17.5 Å². The average Bonchev–Trinajstić information content (AvgIpc) is 2.77. The van der Waals surface area contributed by atoms with Crippen LogP contribution in [0.15, 0.2) is 91.0 Å². The van der Waals surface area contributed by atoms with E-state index in [9.17, 15) is 13.2 Å². The van der Waals surface area contributed by atoms with Crippen molar-refractivity contribution in [1.29, 1.82) is 0 Å². The lowest BCUT2D eigenvalue weighted by atomic mass is 9.92. The van der Waals surface area contributed by atoms with Gasteiger partial charge < -0.3 is 0 Å². The molecule has 150 valence electrons. The summed E-state index contributed by atoms with van der Waals surface area (Å²) in [6, 6.07) is 26.1. The quantitative estimate of drug-likeness (QED) is 0.320. The summed E-state index contributed by atoms with van der Waals surface area (Å²) in [4.78, 5) is 0. The Bertz CT molecular complexity index is 1110. The van der Waals surface area contributed by atoms with Crippen LogP contribution in [-0.2, 0) is 6.42 Å². The van der Waals surface area contributed by atoms with Crippen LogP contribution >= 0.6 is 0 Å². The molecule has 0 aliphatic rings. The molecule has 0 amide bonds.